The molecule has 1 aliphatic rings. The lowest BCUT2D eigenvalue weighted by atomic mass is 10.1. The number of rotatable bonds is 1. The van der Waals surface area contributed by atoms with Crippen LogP contribution in [0.2, 0.25) is 0 Å². The molecule has 0 radical (unpaired) electrons. The quantitative estimate of drug-likeness (QED) is 0.579. The molecular weight excluding hydrogens is 128 g/mol. The van der Waals surface area contributed by atoms with Crippen LogP contribution in [0.15, 0.2) is 0 Å². The van der Waals surface area contributed by atoms with Crippen molar-refractivity contribution in [3.05, 3.63) is 0 Å². The van der Waals surface area contributed by atoms with Gasteiger partial charge in [-0.3, -0.25) is 9.80 Å². The standard InChI is InChI=1S/C7H14N2O/c1-6-4-3-5-7(10)9(6)8-2/h6,8H,3-5H2,1-2H3. The molecule has 58 valence electrons. The van der Waals surface area contributed by atoms with E-state index in [0.29, 0.717) is 12.5 Å². The highest BCUT2D eigenvalue weighted by Gasteiger charge is 2.22. The number of hydrazine groups is 1. The Morgan fingerprint density at radius 1 is 1.70 bits per heavy atom. The minimum atomic E-state index is 0.223. The largest absolute Gasteiger partial charge is 0.275 e. The van der Waals surface area contributed by atoms with Gasteiger partial charge in [0.25, 0.3) is 0 Å². The lowest BCUT2D eigenvalue weighted by Crippen LogP contribution is -2.48. The van der Waals surface area contributed by atoms with E-state index in [-0.39, 0.29) is 5.91 Å². The molecule has 3 heteroatoms. The second-order valence-electron chi connectivity index (χ2n) is 2.73. The molecule has 1 rings (SSSR count). The van der Waals surface area contributed by atoms with Gasteiger partial charge in [-0.25, -0.2) is 5.43 Å². The third kappa shape index (κ3) is 1.29. The van der Waals surface area contributed by atoms with Crippen molar-refractivity contribution in [2.45, 2.75) is 32.2 Å². The molecule has 0 aromatic heterocycles. The highest BCUT2D eigenvalue weighted by molar-refractivity contribution is 5.76. The predicted octanol–water partition coefficient (Wildman–Crippen LogP) is 0.522. The number of piperidine rings is 1. The first-order valence-corrected chi connectivity index (χ1v) is 3.75. The summed E-state index contributed by atoms with van der Waals surface area (Å²) in [6.07, 6.45) is 2.86. The van der Waals surface area contributed by atoms with Crippen LogP contribution in [0.25, 0.3) is 0 Å². The molecule has 0 bridgehead atoms. The minimum absolute atomic E-state index is 0.223. The molecule has 1 atom stereocenters. The Hall–Kier alpha value is -0.570. The zero-order chi connectivity index (χ0) is 7.56. The molecular formula is C7H14N2O. The molecule has 3 nitrogen and oxygen atoms in total. The highest BCUT2D eigenvalue weighted by Crippen LogP contribution is 2.14. The molecule has 0 spiro atoms. The third-order valence-electron chi connectivity index (χ3n) is 1.96. The van der Waals surface area contributed by atoms with E-state index >= 15 is 0 Å². The Bertz CT molecular complexity index is 136. The molecule has 1 aliphatic heterocycles. The Labute approximate surface area is 61.4 Å². The summed E-state index contributed by atoms with van der Waals surface area (Å²) in [5, 5.41) is 1.71. The molecule has 1 N–H and O–H groups in total. The maximum atomic E-state index is 11.1. The van der Waals surface area contributed by atoms with Crippen LogP contribution in [0.5, 0.6) is 0 Å². The summed E-state index contributed by atoms with van der Waals surface area (Å²) in [6.45, 7) is 2.06. The van der Waals surface area contributed by atoms with E-state index in [2.05, 4.69) is 12.3 Å². The Morgan fingerprint density at radius 2 is 2.40 bits per heavy atom. The predicted molar refractivity (Wildman–Crippen MR) is 39.2 cm³/mol. The highest BCUT2D eigenvalue weighted by atomic mass is 16.2. The summed E-state index contributed by atoms with van der Waals surface area (Å²) >= 11 is 0. The van der Waals surface area contributed by atoms with Crippen molar-refractivity contribution < 1.29 is 4.79 Å². The number of nitrogens with one attached hydrogen (secondary N) is 1. The summed E-state index contributed by atoms with van der Waals surface area (Å²) in [4.78, 5) is 11.1. The number of amides is 1. The zero-order valence-electron chi connectivity index (χ0n) is 6.55. The number of nitrogens with zero attached hydrogens (tertiary/aromatic N) is 1. The molecule has 10 heavy (non-hydrogen) atoms. The van der Waals surface area contributed by atoms with Gasteiger partial charge in [0, 0.05) is 19.5 Å². The number of hydrogen-bond donors (Lipinski definition) is 1. The monoisotopic (exact) mass is 142 g/mol. The van der Waals surface area contributed by atoms with Crippen LogP contribution in [0.4, 0.5) is 0 Å². The van der Waals surface area contributed by atoms with Gasteiger partial charge in [0.1, 0.15) is 0 Å². The first-order valence-electron chi connectivity index (χ1n) is 3.75. The molecule has 1 amide bonds. The first kappa shape index (κ1) is 7.54. The molecule has 1 unspecified atom stereocenters. The second-order valence-corrected chi connectivity index (χ2v) is 2.73. The molecule has 0 saturated carbocycles. The van der Waals surface area contributed by atoms with Crippen LogP contribution in [-0.4, -0.2) is 24.0 Å². The van der Waals surface area contributed by atoms with E-state index in [1.165, 1.54) is 0 Å². The summed E-state index contributed by atoms with van der Waals surface area (Å²) < 4.78 is 0. The summed E-state index contributed by atoms with van der Waals surface area (Å²) in [5.74, 6) is 0.223. The second kappa shape index (κ2) is 3.01. The Kier molecular flexibility index (Phi) is 2.27. The van der Waals surface area contributed by atoms with E-state index < -0.39 is 0 Å². The van der Waals surface area contributed by atoms with Gasteiger partial charge in [-0.05, 0) is 19.8 Å². The number of carbonyl (C=O) groups excluding carboxylic acids is 1. The summed E-state index contributed by atoms with van der Waals surface area (Å²) in [5.41, 5.74) is 2.89. The fourth-order valence-electron chi connectivity index (χ4n) is 1.39. The molecule has 0 aromatic carbocycles. The minimum Gasteiger partial charge on any atom is -0.275 e. The van der Waals surface area contributed by atoms with Gasteiger partial charge in [0.05, 0.1) is 0 Å². The van der Waals surface area contributed by atoms with Crippen LogP contribution >= 0.6 is 0 Å². The topological polar surface area (TPSA) is 32.3 Å². The van der Waals surface area contributed by atoms with Crippen molar-refractivity contribution in [1.29, 1.82) is 0 Å². The van der Waals surface area contributed by atoms with Gasteiger partial charge in [-0.15, -0.1) is 0 Å². The van der Waals surface area contributed by atoms with Gasteiger partial charge < -0.3 is 0 Å². The van der Waals surface area contributed by atoms with E-state index in [9.17, 15) is 4.79 Å². The van der Waals surface area contributed by atoms with Crippen LogP contribution < -0.4 is 5.43 Å². The lowest BCUT2D eigenvalue weighted by molar-refractivity contribution is -0.139. The van der Waals surface area contributed by atoms with Crippen molar-refractivity contribution >= 4 is 5.91 Å². The number of hydrogen-bond acceptors (Lipinski definition) is 2. The van der Waals surface area contributed by atoms with Crippen LogP contribution in [0.1, 0.15) is 26.2 Å². The fraction of sp³-hybridized carbons (Fsp3) is 0.857. The van der Waals surface area contributed by atoms with E-state index in [4.69, 9.17) is 0 Å². The number of carbonyl (C=O) groups is 1. The average Bonchev–Trinajstić information content (AvgIpc) is 1.88. The van der Waals surface area contributed by atoms with Crippen LogP contribution in [0, 0.1) is 0 Å². The van der Waals surface area contributed by atoms with Gasteiger partial charge in [0.2, 0.25) is 5.91 Å². The summed E-state index contributed by atoms with van der Waals surface area (Å²) in [6, 6.07) is 0.367. The van der Waals surface area contributed by atoms with Gasteiger partial charge in [-0.1, -0.05) is 0 Å². The SMILES string of the molecule is CNN1C(=O)CCCC1C. The van der Waals surface area contributed by atoms with E-state index in [0.717, 1.165) is 12.8 Å². The van der Waals surface area contributed by atoms with E-state index in [1.807, 2.05) is 0 Å². The van der Waals surface area contributed by atoms with Crippen molar-refractivity contribution in [2.24, 2.45) is 0 Å². The molecule has 1 saturated heterocycles. The first-order chi connectivity index (χ1) is 4.75. The Balaban J connectivity index is 2.53. The third-order valence-corrected chi connectivity index (χ3v) is 1.96. The van der Waals surface area contributed by atoms with Crippen LogP contribution in [0.3, 0.4) is 0 Å². The van der Waals surface area contributed by atoms with Gasteiger partial charge in [-0.2, -0.15) is 0 Å². The maximum Gasteiger partial charge on any atom is 0.236 e. The van der Waals surface area contributed by atoms with Crippen LogP contribution in [-0.2, 0) is 4.79 Å². The lowest BCUT2D eigenvalue weighted by Gasteiger charge is -2.31. The normalized spacial score (nSPS) is 27.2. The van der Waals surface area contributed by atoms with Gasteiger partial charge >= 0.3 is 0 Å². The fourth-order valence-corrected chi connectivity index (χ4v) is 1.39. The smallest absolute Gasteiger partial charge is 0.236 e. The molecule has 0 aromatic rings. The zero-order valence-corrected chi connectivity index (χ0v) is 6.55. The van der Waals surface area contributed by atoms with Crippen molar-refractivity contribution in [2.75, 3.05) is 7.05 Å². The van der Waals surface area contributed by atoms with Gasteiger partial charge in [0.15, 0.2) is 0 Å². The summed E-state index contributed by atoms with van der Waals surface area (Å²) in [7, 11) is 1.79. The molecule has 1 heterocycles. The van der Waals surface area contributed by atoms with Crippen molar-refractivity contribution in [3.8, 4) is 0 Å². The van der Waals surface area contributed by atoms with Crippen molar-refractivity contribution in [3.63, 3.8) is 0 Å². The molecule has 0 aliphatic carbocycles. The van der Waals surface area contributed by atoms with Crippen molar-refractivity contribution in [1.82, 2.24) is 10.4 Å². The maximum absolute atomic E-state index is 11.1. The average molecular weight is 142 g/mol. The Morgan fingerprint density at radius 3 is 2.80 bits per heavy atom. The van der Waals surface area contributed by atoms with E-state index in [1.54, 1.807) is 12.1 Å². The molecule has 1 fully saturated rings.